The molecular weight excluding hydrogens is 681 g/mol. The summed E-state index contributed by atoms with van der Waals surface area (Å²) in [6, 6.07) is 73.2. The zero-order valence-corrected chi connectivity index (χ0v) is 30.4. The van der Waals surface area contributed by atoms with Gasteiger partial charge in [-0.2, -0.15) is 0 Å². The van der Waals surface area contributed by atoms with Crippen molar-refractivity contribution in [3.05, 3.63) is 206 Å². The van der Waals surface area contributed by atoms with Crippen molar-refractivity contribution >= 4 is 43.6 Å². The number of benzene rings is 8. The first-order valence-corrected chi connectivity index (χ1v) is 19.0. The molecule has 0 radical (unpaired) electrons. The van der Waals surface area contributed by atoms with Crippen LogP contribution in [0.5, 0.6) is 0 Å². The summed E-state index contributed by atoms with van der Waals surface area (Å²) in [4.78, 5) is 10.7. The molecule has 3 aromatic heterocycles. The monoisotopic (exact) mass is 714 g/mol. The van der Waals surface area contributed by atoms with Crippen molar-refractivity contribution in [1.29, 1.82) is 0 Å². The molecule has 0 spiro atoms. The van der Waals surface area contributed by atoms with Gasteiger partial charge in [-0.15, -0.1) is 0 Å². The summed E-state index contributed by atoms with van der Waals surface area (Å²) in [5.41, 5.74) is 14.1. The van der Waals surface area contributed by atoms with Gasteiger partial charge in [-0.1, -0.05) is 176 Å². The van der Waals surface area contributed by atoms with Crippen LogP contribution >= 0.6 is 0 Å². The summed E-state index contributed by atoms with van der Waals surface area (Å²) in [6.07, 6.45) is 0. The second kappa shape index (κ2) is 13.1. The normalized spacial score (nSPS) is 11.6. The van der Waals surface area contributed by atoms with Crippen LogP contribution in [0.15, 0.2) is 206 Å². The average Bonchev–Trinajstić information content (AvgIpc) is 3.80. The Morgan fingerprint density at radius 3 is 1.46 bits per heavy atom. The van der Waals surface area contributed by atoms with Gasteiger partial charge in [-0.3, -0.25) is 4.57 Å². The lowest BCUT2D eigenvalue weighted by Gasteiger charge is -2.16. The highest BCUT2D eigenvalue weighted by atomic mass is 15.2. The molecule has 8 aromatic carbocycles. The Balaban J connectivity index is 1.27. The zero-order chi connectivity index (χ0) is 37.0. The molecule has 0 bridgehead atoms. The highest BCUT2D eigenvalue weighted by Crippen LogP contribution is 2.44. The third-order valence-corrected chi connectivity index (χ3v) is 11.0. The highest BCUT2D eigenvalue weighted by Gasteiger charge is 2.24. The van der Waals surface area contributed by atoms with Crippen molar-refractivity contribution in [2.75, 3.05) is 0 Å². The van der Waals surface area contributed by atoms with Crippen LogP contribution in [0.2, 0.25) is 0 Å². The maximum Gasteiger partial charge on any atom is 0.235 e. The molecule has 56 heavy (non-hydrogen) atoms. The van der Waals surface area contributed by atoms with Gasteiger partial charge in [0, 0.05) is 38.2 Å². The number of rotatable bonds is 6. The van der Waals surface area contributed by atoms with Crippen molar-refractivity contribution in [2.24, 2.45) is 0 Å². The number of nitrogens with zero attached hydrogens (tertiary/aromatic N) is 4. The number of aromatic nitrogens is 4. The molecule has 11 aromatic rings. The topological polar surface area (TPSA) is 35.6 Å². The Morgan fingerprint density at radius 1 is 0.321 bits per heavy atom. The fourth-order valence-corrected chi connectivity index (χ4v) is 8.41. The molecule has 4 heteroatoms. The fraction of sp³-hybridized carbons (Fsp3) is 0. The maximum atomic E-state index is 5.37. The van der Waals surface area contributed by atoms with Gasteiger partial charge >= 0.3 is 0 Å². The molecular formula is C52H34N4. The number of para-hydroxylation sites is 2. The summed E-state index contributed by atoms with van der Waals surface area (Å²) in [5, 5.41) is 4.65. The molecule has 0 unspecified atom stereocenters. The van der Waals surface area contributed by atoms with Gasteiger partial charge in [0.15, 0.2) is 0 Å². The summed E-state index contributed by atoms with van der Waals surface area (Å²) >= 11 is 0. The average molecular weight is 715 g/mol. The largest absolute Gasteiger partial charge is 0.309 e. The van der Waals surface area contributed by atoms with E-state index in [-0.39, 0.29) is 0 Å². The Morgan fingerprint density at radius 2 is 0.839 bits per heavy atom. The third kappa shape index (κ3) is 5.15. The third-order valence-electron chi connectivity index (χ3n) is 11.0. The van der Waals surface area contributed by atoms with Crippen molar-refractivity contribution in [2.45, 2.75) is 0 Å². The van der Waals surface area contributed by atoms with Gasteiger partial charge in [-0.25, -0.2) is 9.97 Å². The predicted octanol–water partition coefficient (Wildman–Crippen LogP) is 13.3. The minimum absolute atomic E-state index is 0.636. The zero-order valence-electron chi connectivity index (χ0n) is 30.4. The second-order valence-corrected chi connectivity index (χ2v) is 14.2. The van der Waals surface area contributed by atoms with Gasteiger partial charge in [0.05, 0.1) is 39.1 Å². The van der Waals surface area contributed by atoms with E-state index in [9.17, 15) is 0 Å². The van der Waals surface area contributed by atoms with E-state index >= 15 is 0 Å². The van der Waals surface area contributed by atoms with E-state index in [1.165, 1.54) is 27.6 Å². The Hall–Kier alpha value is -7.56. The van der Waals surface area contributed by atoms with E-state index in [1.807, 2.05) is 12.1 Å². The Labute approximate surface area is 324 Å². The van der Waals surface area contributed by atoms with Gasteiger partial charge in [0.2, 0.25) is 5.95 Å². The summed E-state index contributed by atoms with van der Waals surface area (Å²) in [7, 11) is 0. The molecule has 0 aliphatic carbocycles. The molecule has 0 atom stereocenters. The SMILES string of the molecule is c1ccc(-c2ccc(-c3ccccc3)c(-n3c4ccccc4c4c3ccc3c5ccccc5n(-c5nc(-c6ccccc6)cc(-c6ccccc6)n5)c34)c2)cc1. The van der Waals surface area contributed by atoms with E-state index in [0.717, 1.165) is 66.4 Å². The number of hydrogen-bond acceptors (Lipinski definition) is 2. The lowest BCUT2D eigenvalue weighted by Crippen LogP contribution is -2.04. The molecule has 11 rings (SSSR count). The quantitative estimate of drug-likeness (QED) is 0.172. The van der Waals surface area contributed by atoms with Crippen LogP contribution in [0.25, 0.3) is 100 Å². The molecule has 4 nitrogen and oxygen atoms in total. The summed E-state index contributed by atoms with van der Waals surface area (Å²) in [5.74, 6) is 0.636. The van der Waals surface area contributed by atoms with Crippen LogP contribution in [-0.2, 0) is 0 Å². The first-order chi connectivity index (χ1) is 27.8. The molecule has 0 N–H and O–H groups in total. The van der Waals surface area contributed by atoms with Gasteiger partial charge in [0.1, 0.15) is 0 Å². The summed E-state index contributed by atoms with van der Waals surface area (Å²) < 4.78 is 4.75. The molecule has 262 valence electrons. The molecule has 0 saturated carbocycles. The van der Waals surface area contributed by atoms with E-state index in [2.05, 4.69) is 203 Å². The summed E-state index contributed by atoms with van der Waals surface area (Å²) in [6.45, 7) is 0. The predicted molar refractivity (Wildman–Crippen MR) is 232 cm³/mol. The first-order valence-electron chi connectivity index (χ1n) is 19.0. The number of hydrogen-bond donors (Lipinski definition) is 0. The Bertz CT molecular complexity index is 3160. The fourth-order valence-electron chi connectivity index (χ4n) is 8.41. The van der Waals surface area contributed by atoms with E-state index in [0.29, 0.717) is 5.95 Å². The van der Waals surface area contributed by atoms with Crippen LogP contribution in [-0.4, -0.2) is 19.1 Å². The van der Waals surface area contributed by atoms with Gasteiger partial charge in [0.25, 0.3) is 0 Å². The van der Waals surface area contributed by atoms with Crippen molar-refractivity contribution < 1.29 is 0 Å². The molecule has 3 heterocycles. The van der Waals surface area contributed by atoms with Crippen LogP contribution in [0.1, 0.15) is 0 Å². The van der Waals surface area contributed by atoms with Crippen LogP contribution in [0.3, 0.4) is 0 Å². The smallest absolute Gasteiger partial charge is 0.235 e. The number of fused-ring (bicyclic) bond motifs is 7. The molecule has 0 saturated heterocycles. The standard InChI is InChI=1S/C52H34N4/c1-5-17-35(18-6-1)39-29-30-40(36-19-7-2-8-20-36)49(33-39)55-47-28-16-14-26-43(47)50-48(55)32-31-42-41-25-13-15-27-46(41)56(51(42)50)52-53-44(37-21-9-3-10-22-37)34-45(54-52)38-23-11-4-12-24-38/h1-34H. The highest BCUT2D eigenvalue weighted by molar-refractivity contribution is 6.26. The van der Waals surface area contributed by atoms with E-state index < -0.39 is 0 Å². The van der Waals surface area contributed by atoms with Crippen LogP contribution < -0.4 is 0 Å². The maximum absolute atomic E-state index is 5.37. The first kappa shape index (κ1) is 31.9. The minimum Gasteiger partial charge on any atom is -0.309 e. The van der Waals surface area contributed by atoms with Gasteiger partial charge in [-0.05, 0) is 47.0 Å². The lowest BCUT2D eigenvalue weighted by molar-refractivity contribution is 0.998. The van der Waals surface area contributed by atoms with E-state index in [1.54, 1.807) is 0 Å². The van der Waals surface area contributed by atoms with Crippen molar-refractivity contribution in [1.82, 2.24) is 19.1 Å². The second-order valence-electron chi connectivity index (χ2n) is 14.2. The molecule has 0 aliphatic heterocycles. The lowest BCUT2D eigenvalue weighted by atomic mass is 9.98. The van der Waals surface area contributed by atoms with Crippen LogP contribution in [0, 0.1) is 0 Å². The van der Waals surface area contributed by atoms with Crippen LogP contribution in [0.4, 0.5) is 0 Å². The molecule has 0 aliphatic rings. The molecule has 0 fully saturated rings. The Kier molecular flexibility index (Phi) is 7.46. The van der Waals surface area contributed by atoms with E-state index in [4.69, 9.17) is 9.97 Å². The van der Waals surface area contributed by atoms with Gasteiger partial charge < -0.3 is 4.57 Å². The van der Waals surface area contributed by atoms with Crippen molar-refractivity contribution in [3.8, 4) is 56.4 Å². The minimum atomic E-state index is 0.636. The van der Waals surface area contributed by atoms with Crippen molar-refractivity contribution in [3.63, 3.8) is 0 Å². The molecule has 0 amide bonds.